The highest BCUT2D eigenvalue weighted by Gasteiger charge is 2.35. The van der Waals surface area contributed by atoms with Crippen LogP contribution in [0.15, 0.2) is 200 Å². The standard InChI is InChI=1S/C136H152N10/c1-125(2,3)85-59-79(60-86(71-85)126(4,5)6)117-105-47-45-103(139-105)97(104-46-48-106(140-104)118(80-61-87(127(7,8)9)72-88(62-80)128(10,11)12)108-50-52-110(142-108)119(109-51-49-107(117)141-109)81-63-89(129(13,14)15)73-90(64-81)130(16,17)18)43-44-98-123-99(101-41-37-39-57-137-101)77-115(145-123)121(83-67-93(133(25,26)27)75-94(68-83)134(28,29)30)113-55-53-111(143-113)120(82-65-91(131(19,20)21)74-92(66-82)132(22,23)24)112-54-56-114(144-112)122(116-78-100(124(98)146-116)102-42-38-40-58-138-102)84-69-95(135(31,32)33)76-96(70-84)136(34,35)36/h37-42,45-78,139,142-143,146H,1-36H3. The van der Waals surface area contributed by atoms with E-state index in [0.717, 1.165) is 162 Å². The molecule has 0 amide bonds. The predicted molar refractivity (Wildman–Crippen MR) is 626 cm³/mol. The highest BCUT2D eigenvalue weighted by atomic mass is 14.8. The minimum absolute atomic E-state index is 0.186. The van der Waals surface area contributed by atoms with Crippen LogP contribution in [-0.4, -0.2) is 49.8 Å². The van der Waals surface area contributed by atoms with E-state index in [0.29, 0.717) is 28.0 Å². The third-order valence-corrected chi connectivity index (χ3v) is 29.6. The van der Waals surface area contributed by atoms with Crippen molar-refractivity contribution in [3.05, 3.63) is 330 Å². The second-order valence-corrected chi connectivity index (χ2v) is 53.9. The maximum absolute atomic E-state index is 6.37. The lowest BCUT2D eigenvalue weighted by molar-refractivity contribution is 0.568. The molecule has 746 valence electrons. The van der Waals surface area contributed by atoms with Gasteiger partial charge in [0.25, 0.3) is 0 Å². The van der Waals surface area contributed by atoms with E-state index in [2.05, 4.69) is 499 Å². The maximum atomic E-state index is 6.37. The summed E-state index contributed by atoms with van der Waals surface area (Å²) in [6.45, 7) is 83.6. The lowest BCUT2D eigenvalue weighted by atomic mass is 9.78. The average Bonchev–Trinajstić information content (AvgIpc) is 1.59. The van der Waals surface area contributed by atoms with Crippen molar-refractivity contribution in [1.82, 2.24) is 49.8 Å². The number of pyridine rings is 2. The molecule has 0 radical (unpaired) electrons. The third-order valence-electron chi connectivity index (χ3n) is 29.6. The maximum Gasteiger partial charge on any atom is 0.0909 e. The highest BCUT2D eigenvalue weighted by molar-refractivity contribution is 6.06. The molecule has 0 saturated heterocycles. The Morgan fingerprint density at radius 3 is 0.705 bits per heavy atom. The number of H-pyrrole nitrogens is 4. The summed E-state index contributed by atoms with van der Waals surface area (Å²) < 4.78 is 0. The number of hydrogen-bond acceptors (Lipinski definition) is 6. The monoisotopic (exact) mass is 1930 g/mol. The lowest BCUT2D eigenvalue weighted by Crippen LogP contribution is -2.16. The number of fused-ring (bicyclic) bond motifs is 16. The van der Waals surface area contributed by atoms with Gasteiger partial charge in [-0.1, -0.05) is 382 Å². The van der Waals surface area contributed by atoms with Crippen LogP contribution in [0.1, 0.15) is 378 Å². The summed E-state index contributed by atoms with van der Waals surface area (Å²) in [5, 5.41) is 0. The zero-order chi connectivity index (χ0) is 105. The molecular formula is C136H152N10. The highest BCUT2D eigenvalue weighted by Crippen LogP contribution is 2.50. The van der Waals surface area contributed by atoms with Gasteiger partial charge in [0.2, 0.25) is 0 Å². The Kier molecular flexibility index (Phi) is 25.4. The summed E-state index contributed by atoms with van der Waals surface area (Å²) in [5.74, 6) is 8.36. The molecule has 0 atom stereocenters. The molecule has 8 aromatic heterocycles. The van der Waals surface area contributed by atoms with Crippen LogP contribution in [0.4, 0.5) is 0 Å². The minimum atomic E-state index is -0.264. The van der Waals surface area contributed by atoms with Crippen molar-refractivity contribution in [1.29, 1.82) is 0 Å². The molecule has 10 heteroatoms. The van der Waals surface area contributed by atoms with E-state index >= 15 is 0 Å². The number of aromatic amines is 4. The fraction of sp³-hybridized carbons (Fsp3) is 0.353. The molecule has 4 N–H and O–H groups in total. The van der Waals surface area contributed by atoms with Gasteiger partial charge in [0, 0.05) is 90.0 Å². The largest absolute Gasteiger partial charge is 0.354 e. The normalized spacial score (nSPS) is 13.7. The Morgan fingerprint density at radius 1 is 0.205 bits per heavy atom. The first-order valence-electron chi connectivity index (χ1n) is 52.6. The van der Waals surface area contributed by atoms with E-state index in [1.54, 1.807) is 0 Å². The number of rotatable bonds is 8. The van der Waals surface area contributed by atoms with Gasteiger partial charge >= 0.3 is 0 Å². The fourth-order valence-corrected chi connectivity index (χ4v) is 20.1. The molecule has 0 spiro atoms. The first-order valence-corrected chi connectivity index (χ1v) is 52.6. The molecule has 146 heavy (non-hydrogen) atoms. The number of benzene rings is 6. The molecular weight excluding hydrogens is 1770 g/mol. The molecule has 16 bridgehead atoms. The number of hydrogen-bond donors (Lipinski definition) is 4. The first-order chi connectivity index (χ1) is 67.8. The molecule has 10 nitrogen and oxygen atoms in total. The molecule has 0 saturated carbocycles. The topological polar surface area (TPSA) is 140 Å². The Bertz CT molecular complexity index is 7940. The van der Waals surface area contributed by atoms with Gasteiger partial charge < -0.3 is 19.9 Å². The van der Waals surface area contributed by atoms with E-state index in [4.69, 9.17) is 29.9 Å². The zero-order valence-corrected chi connectivity index (χ0v) is 93.8. The molecule has 4 aliphatic heterocycles. The lowest BCUT2D eigenvalue weighted by Gasteiger charge is -2.26. The van der Waals surface area contributed by atoms with Crippen LogP contribution in [0, 0.1) is 11.8 Å². The summed E-state index contributed by atoms with van der Waals surface area (Å²) in [6.07, 6.45) is 19.5. The molecule has 6 aromatic carbocycles. The van der Waals surface area contributed by atoms with E-state index in [9.17, 15) is 0 Å². The van der Waals surface area contributed by atoms with Crippen LogP contribution in [0.2, 0.25) is 0 Å². The van der Waals surface area contributed by atoms with Crippen molar-refractivity contribution in [3.8, 4) is 89.9 Å². The van der Waals surface area contributed by atoms with Gasteiger partial charge in [0.15, 0.2) is 0 Å². The van der Waals surface area contributed by atoms with Crippen molar-refractivity contribution in [2.45, 2.75) is 314 Å². The van der Waals surface area contributed by atoms with E-state index in [1.807, 2.05) is 24.5 Å². The van der Waals surface area contributed by atoms with Gasteiger partial charge in [-0.05, 0) is 274 Å². The Labute approximate surface area is 869 Å². The van der Waals surface area contributed by atoms with Gasteiger partial charge in [-0.25, -0.2) is 19.9 Å². The summed E-state index contributed by atoms with van der Waals surface area (Å²) in [6, 6.07) is 71.6. The summed E-state index contributed by atoms with van der Waals surface area (Å²) in [4.78, 5) is 52.6. The van der Waals surface area contributed by atoms with Gasteiger partial charge in [0.1, 0.15) is 0 Å². The summed E-state index contributed by atoms with van der Waals surface area (Å²) in [5.41, 5.74) is 41.0. The van der Waals surface area contributed by atoms with E-state index in [1.165, 1.54) is 66.8 Å². The Balaban J connectivity index is 1.09. The zero-order valence-electron chi connectivity index (χ0n) is 93.8. The minimum Gasteiger partial charge on any atom is -0.354 e. The van der Waals surface area contributed by atoms with E-state index in [-0.39, 0.29) is 65.0 Å². The number of aromatic nitrogens is 10. The van der Waals surface area contributed by atoms with Crippen LogP contribution in [0.5, 0.6) is 0 Å². The van der Waals surface area contributed by atoms with Gasteiger partial charge in [-0.3, -0.25) is 9.97 Å². The predicted octanol–water partition coefficient (Wildman–Crippen LogP) is 36.5. The molecule has 12 heterocycles. The molecule has 0 aliphatic carbocycles. The fourth-order valence-electron chi connectivity index (χ4n) is 20.1. The van der Waals surface area contributed by atoms with Crippen molar-refractivity contribution in [2.24, 2.45) is 0 Å². The number of nitrogens with one attached hydrogen (secondary N) is 4. The molecule has 0 fully saturated rings. The van der Waals surface area contributed by atoms with Crippen molar-refractivity contribution in [2.75, 3.05) is 0 Å². The van der Waals surface area contributed by atoms with Crippen molar-refractivity contribution < 1.29 is 0 Å². The van der Waals surface area contributed by atoms with Crippen LogP contribution >= 0.6 is 0 Å². The van der Waals surface area contributed by atoms with E-state index < -0.39 is 0 Å². The van der Waals surface area contributed by atoms with Crippen molar-refractivity contribution in [3.63, 3.8) is 0 Å². The summed E-state index contributed by atoms with van der Waals surface area (Å²) >= 11 is 0. The molecule has 4 aliphatic rings. The van der Waals surface area contributed by atoms with Gasteiger partial charge in [-0.15, -0.1) is 0 Å². The third kappa shape index (κ3) is 20.6. The molecule has 18 rings (SSSR count). The second-order valence-electron chi connectivity index (χ2n) is 53.9. The first kappa shape index (κ1) is 102. The quantitative estimate of drug-likeness (QED) is 0.112. The van der Waals surface area contributed by atoms with Crippen molar-refractivity contribution >= 4 is 92.2 Å². The Hall–Kier alpha value is -13.6. The van der Waals surface area contributed by atoms with Crippen LogP contribution in [0.25, 0.3) is 170 Å². The number of nitrogens with zero attached hydrogens (tertiary/aromatic N) is 6. The smallest absolute Gasteiger partial charge is 0.0909 e. The van der Waals surface area contributed by atoms with Gasteiger partial charge in [-0.2, -0.15) is 0 Å². The summed E-state index contributed by atoms with van der Waals surface area (Å²) in [7, 11) is 0. The van der Waals surface area contributed by atoms with Crippen LogP contribution in [-0.2, 0) is 65.0 Å². The Morgan fingerprint density at radius 2 is 0.438 bits per heavy atom. The van der Waals surface area contributed by atoms with Crippen LogP contribution < -0.4 is 0 Å². The average molecular weight is 1930 g/mol. The SMILES string of the molecule is CC(C)(C)c1cc(-c2c3nc(c(-c4cc(C(C)(C)C)cc(C(C)(C)C)c4)c4ccc([nH]4)c(-c4cc(C(C)(C)C)cc(C(C)(C)C)c4)c4nc(c(C#Cc5c6nc(c(-c7cc(C(C)(C)C)cc(C(C)(C)C)c7)c7ccc([nH]7)c(-c7cc(C(C)(C)C)cc(C(C)(C)C)c7)c7nc(c(-c8cc(C(C)(C)C)cc(C(C)(C)C)c8)c8cc(-c9ccccn9)c5[nH]8)C=C7)C=C6c5ccccn5)c5ccc2[nH]5)C=C4)C=C3)cc(C(C)(C)C)c1. The molecule has 14 aromatic rings. The van der Waals surface area contributed by atoms with Gasteiger partial charge in [0.05, 0.1) is 79.1 Å². The molecule has 0 unspecified atom stereocenters. The second kappa shape index (κ2) is 36.2. The van der Waals surface area contributed by atoms with Crippen LogP contribution in [0.3, 0.4) is 0 Å².